The van der Waals surface area contributed by atoms with Crippen molar-refractivity contribution in [2.45, 2.75) is 18.8 Å². The third-order valence-corrected chi connectivity index (χ3v) is 5.20. The quantitative estimate of drug-likeness (QED) is 0.753. The molecule has 1 aliphatic rings. The predicted octanol–water partition coefficient (Wildman–Crippen LogP) is 2.24. The van der Waals surface area contributed by atoms with Gasteiger partial charge in [-0.15, -0.1) is 11.3 Å². The monoisotopic (exact) mass is 355 g/mol. The number of amides is 1. The molecule has 1 unspecified atom stereocenters. The van der Waals surface area contributed by atoms with Gasteiger partial charge < -0.3 is 4.90 Å². The van der Waals surface area contributed by atoms with Gasteiger partial charge in [-0.2, -0.15) is 5.10 Å². The van der Waals surface area contributed by atoms with E-state index in [0.29, 0.717) is 23.9 Å². The van der Waals surface area contributed by atoms with E-state index >= 15 is 0 Å². The maximum atomic E-state index is 12.8. The van der Waals surface area contributed by atoms with Crippen LogP contribution in [0, 0.1) is 0 Å². The molecule has 7 nitrogen and oxygen atoms in total. The van der Waals surface area contributed by atoms with Crippen LogP contribution in [0.15, 0.2) is 40.5 Å². The number of aromatic amines is 2. The Morgan fingerprint density at radius 1 is 1.28 bits per heavy atom. The van der Waals surface area contributed by atoms with Gasteiger partial charge in [0.1, 0.15) is 5.82 Å². The van der Waals surface area contributed by atoms with Gasteiger partial charge in [0.15, 0.2) is 5.01 Å². The zero-order valence-electron chi connectivity index (χ0n) is 13.4. The number of rotatable bonds is 3. The summed E-state index contributed by atoms with van der Waals surface area (Å²) >= 11 is 1.37. The fraction of sp³-hybridized carbons (Fsp3) is 0.294. The normalized spacial score (nSPS) is 17.6. The number of thiazole rings is 1. The molecule has 2 N–H and O–H groups in total. The average Bonchev–Trinajstić information content (AvgIpc) is 3.31. The van der Waals surface area contributed by atoms with Crippen molar-refractivity contribution in [2.24, 2.45) is 0 Å². The summed E-state index contributed by atoms with van der Waals surface area (Å²) in [4.78, 5) is 33.0. The van der Waals surface area contributed by atoms with Gasteiger partial charge in [-0.05, 0) is 12.8 Å². The molecule has 3 heterocycles. The van der Waals surface area contributed by atoms with Crippen molar-refractivity contribution < 1.29 is 4.79 Å². The molecule has 1 amide bonds. The van der Waals surface area contributed by atoms with Crippen molar-refractivity contribution in [3.8, 4) is 11.3 Å². The second-order valence-corrected chi connectivity index (χ2v) is 6.92. The number of hydrogen-bond acceptors (Lipinski definition) is 5. The van der Waals surface area contributed by atoms with Crippen molar-refractivity contribution >= 4 is 17.2 Å². The molecule has 3 aromatic rings. The summed E-state index contributed by atoms with van der Waals surface area (Å²) in [7, 11) is 0. The Morgan fingerprint density at radius 3 is 2.88 bits per heavy atom. The summed E-state index contributed by atoms with van der Waals surface area (Å²) in [6.07, 6.45) is 1.78. The molecule has 0 aliphatic carbocycles. The number of H-pyrrole nitrogens is 2. The zero-order chi connectivity index (χ0) is 17.2. The van der Waals surface area contributed by atoms with Crippen LogP contribution in [0.5, 0.6) is 0 Å². The van der Waals surface area contributed by atoms with Crippen LogP contribution in [0.3, 0.4) is 0 Å². The van der Waals surface area contributed by atoms with E-state index in [-0.39, 0.29) is 17.5 Å². The second kappa shape index (κ2) is 6.64. The summed E-state index contributed by atoms with van der Waals surface area (Å²) < 4.78 is 0. The first-order valence-electron chi connectivity index (χ1n) is 8.15. The number of carbonyl (C=O) groups is 1. The van der Waals surface area contributed by atoms with Gasteiger partial charge in [-0.1, -0.05) is 30.3 Å². The van der Waals surface area contributed by atoms with E-state index in [0.717, 1.165) is 24.1 Å². The minimum atomic E-state index is -0.314. The zero-order valence-corrected chi connectivity index (χ0v) is 14.3. The van der Waals surface area contributed by atoms with Gasteiger partial charge in [0.2, 0.25) is 0 Å². The highest BCUT2D eigenvalue weighted by atomic mass is 32.1. The van der Waals surface area contributed by atoms with Crippen molar-refractivity contribution in [3.05, 3.63) is 57.0 Å². The van der Waals surface area contributed by atoms with E-state index in [1.165, 1.54) is 11.3 Å². The molecule has 1 saturated heterocycles. The van der Waals surface area contributed by atoms with Crippen molar-refractivity contribution in [1.29, 1.82) is 0 Å². The van der Waals surface area contributed by atoms with Gasteiger partial charge in [-0.3, -0.25) is 9.78 Å². The lowest BCUT2D eigenvalue weighted by atomic mass is 9.97. The second-order valence-electron chi connectivity index (χ2n) is 6.06. The van der Waals surface area contributed by atoms with Crippen molar-refractivity contribution in [1.82, 2.24) is 25.1 Å². The smallest absolute Gasteiger partial charge is 0.336 e. The SMILES string of the molecule is O=C(c1nc(-c2ccccc2)cs1)N1CCCC(c2n[nH]c(=O)[nH]2)C1. The number of hydrogen-bond donors (Lipinski definition) is 2. The molecule has 0 spiro atoms. The lowest BCUT2D eigenvalue weighted by molar-refractivity contribution is 0.0704. The van der Waals surface area contributed by atoms with Crippen LogP contribution in [-0.4, -0.2) is 44.1 Å². The fourth-order valence-electron chi connectivity index (χ4n) is 3.11. The summed E-state index contributed by atoms with van der Waals surface area (Å²) in [5, 5.41) is 8.80. The van der Waals surface area contributed by atoms with Crippen LogP contribution in [0.2, 0.25) is 0 Å². The molecule has 1 fully saturated rings. The number of likely N-dealkylation sites (tertiary alicyclic amines) is 1. The first kappa shape index (κ1) is 15.8. The molecule has 1 aliphatic heterocycles. The summed E-state index contributed by atoms with van der Waals surface area (Å²) in [5.41, 5.74) is 1.51. The van der Waals surface area contributed by atoms with Crippen LogP contribution in [0.1, 0.15) is 34.4 Å². The Morgan fingerprint density at radius 2 is 2.12 bits per heavy atom. The highest BCUT2D eigenvalue weighted by molar-refractivity contribution is 7.12. The van der Waals surface area contributed by atoms with Crippen LogP contribution in [0.25, 0.3) is 11.3 Å². The number of piperidine rings is 1. The van der Waals surface area contributed by atoms with E-state index in [2.05, 4.69) is 20.2 Å². The van der Waals surface area contributed by atoms with Gasteiger partial charge in [0.25, 0.3) is 5.91 Å². The Labute approximate surface area is 147 Å². The molecule has 1 aromatic carbocycles. The first-order chi connectivity index (χ1) is 12.2. The van der Waals surface area contributed by atoms with Gasteiger partial charge in [-0.25, -0.2) is 14.9 Å². The minimum absolute atomic E-state index is 0.0465. The van der Waals surface area contributed by atoms with E-state index in [1.807, 2.05) is 35.7 Å². The van der Waals surface area contributed by atoms with E-state index < -0.39 is 0 Å². The number of nitrogens with one attached hydrogen (secondary N) is 2. The van der Waals surface area contributed by atoms with Crippen LogP contribution in [0.4, 0.5) is 0 Å². The molecule has 128 valence electrons. The number of carbonyl (C=O) groups excluding carboxylic acids is 1. The predicted molar refractivity (Wildman–Crippen MR) is 94.6 cm³/mol. The largest absolute Gasteiger partial charge is 0.340 e. The molecule has 0 radical (unpaired) electrons. The molecule has 1 atom stereocenters. The molecule has 25 heavy (non-hydrogen) atoms. The Balaban J connectivity index is 1.51. The molecule has 0 saturated carbocycles. The summed E-state index contributed by atoms with van der Waals surface area (Å²) in [6.45, 7) is 1.24. The van der Waals surface area contributed by atoms with Crippen LogP contribution < -0.4 is 5.69 Å². The van der Waals surface area contributed by atoms with E-state index in [9.17, 15) is 9.59 Å². The topological polar surface area (TPSA) is 94.7 Å². The number of aromatic nitrogens is 4. The molecule has 0 bridgehead atoms. The van der Waals surface area contributed by atoms with Gasteiger partial charge >= 0.3 is 5.69 Å². The molecular formula is C17H17N5O2S. The van der Waals surface area contributed by atoms with Crippen LogP contribution >= 0.6 is 11.3 Å². The van der Waals surface area contributed by atoms with Crippen molar-refractivity contribution in [3.63, 3.8) is 0 Å². The van der Waals surface area contributed by atoms with Crippen molar-refractivity contribution in [2.75, 3.05) is 13.1 Å². The maximum absolute atomic E-state index is 12.8. The van der Waals surface area contributed by atoms with Gasteiger partial charge in [0, 0.05) is 30.0 Å². The average molecular weight is 355 g/mol. The first-order valence-corrected chi connectivity index (χ1v) is 9.03. The van der Waals surface area contributed by atoms with E-state index in [4.69, 9.17) is 0 Å². The van der Waals surface area contributed by atoms with Gasteiger partial charge in [0.05, 0.1) is 5.69 Å². The minimum Gasteiger partial charge on any atom is -0.336 e. The maximum Gasteiger partial charge on any atom is 0.340 e. The molecule has 2 aromatic heterocycles. The Kier molecular flexibility index (Phi) is 4.19. The summed E-state index contributed by atoms with van der Waals surface area (Å²) in [5.74, 6) is 0.603. The molecular weight excluding hydrogens is 338 g/mol. The van der Waals surface area contributed by atoms with E-state index in [1.54, 1.807) is 4.90 Å². The lowest BCUT2D eigenvalue weighted by Gasteiger charge is -2.31. The third-order valence-electron chi connectivity index (χ3n) is 4.37. The summed E-state index contributed by atoms with van der Waals surface area (Å²) in [6, 6.07) is 9.82. The Hall–Kier alpha value is -2.74. The number of benzene rings is 1. The lowest BCUT2D eigenvalue weighted by Crippen LogP contribution is -2.39. The third kappa shape index (κ3) is 3.25. The molecule has 4 rings (SSSR count). The highest BCUT2D eigenvalue weighted by Crippen LogP contribution is 2.27. The van der Waals surface area contributed by atoms with Crippen LogP contribution in [-0.2, 0) is 0 Å². The fourth-order valence-corrected chi connectivity index (χ4v) is 3.90. The highest BCUT2D eigenvalue weighted by Gasteiger charge is 2.28. The standard InChI is InChI=1S/C17H17N5O2S/c23-16(15-18-13(10-25-15)11-5-2-1-3-6-11)22-8-4-7-12(9-22)14-19-17(24)21-20-14/h1-3,5-6,10,12H,4,7-9H2,(H2,19,20,21,24). The number of nitrogens with zero attached hydrogens (tertiary/aromatic N) is 3. The Bertz CT molecular complexity index is 930. The molecule has 8 heteroatoms.